The summed E-state index contributed by atoms with van der Waals surface area (Å²) >= 11 is 5.92. The molecule has 0 saturated heterocycles. The average molecular weight is 400 g/mol. The van der Waals surface area contributed by atoms with Crippen LogP contribution in [0.4, 0.5) is 4.39 Å². The van der Waals surface area contributed by atoms with Crippen LogP contribution in [0.2, 0.25) is 5.02 Å². The highest BCUT2D eigenvalue weighted by Crippen LogP contribution is 2.21. The number of para-hydroxylation sites is 1. The fourth-order valence-electron chi connectivity index (χ4n) is 3.07. The van der Waals surface area contributed by atoms with Gasteiger partial charge in [-0.15, -0.1) is 0 Å². The highest BCUT2D eigenvalue weighted by atomic mass is 35.5. The molecule has 144 valence electrons. The number of hydrogen-bond donors (Lipinski definition) is 2. The number of amides is 2. The summed E-state index contributed by atoms with van der Waals surface area (Å²) in [6.45, 7) is 3.73. The Morgan fingerprint density at radius 1 is 1.04 bits per heavy atom. The summed E-state index contributed by atoms with van der Waals surface area (Å²) in [6.07, 6.45) is -0.283. The van der Waals surface area contributed by atoms with Crippen LogP contribution in [0.3, 0.4) is 0 Å². The van der Waals surface area contributed by atoms with Crippen LogP contribution in [-0.4, -0.2) is 16.4 Å². The number of benzene rings is 2. The van der Waals surface area contributed by atoms with E-state index in [-0.39, 0.29) is 17.0 Å². The number of halogens is 2. The summed E-state index contributed by atoms with van der Waals surface area (Å²) in [5.74, 6) is -1.60. The molecule has 0 radical (unpaired) electrons. The third-order valence-corrected chi connectivity index (χ3v) is 4.76. The Hall–Kier alpha value is -3.12. The van der Waals surface area contributed by atoms with E-state index in [0.717, 1.165) is 17.1 Å². The normalized spacial score (nSPS) is 10.6. The van der Waals surface area contributed by atoms with Gasteiger partial charge < -0.3 is 4.57 Å². The van der Waals surface area contributed by atoms with Gasteiger partial charge in [0.2, 0.25) is 5.91 Å². The van der Waals surface area contributed by atoms with E-state index in [4.69, 9.17) is 11.6 Å². The molecule has 0 unspecified atom stereocenters. The maximum atomic E-state index is 13.8. The minimum atomic E-state index is -0.572. The number of aryl methyl sites for hydroxylation is 1. The van der Waals surface area contributed by atoms with E-state index in [0.29, 0.717) is 5.56 Å². The van der Waals surface area contributed by atoms with Crippen LogP contribution in [-0.2, 0) is 11.2 Å². The molecule has 0 aliphatic heterocycles. The van der Waals surface area contributed by atoms with Crippen molar-refractivity contribution in [1.82, 2.24) is 15.4 Å². The van der Waals surface area contributed by atoms with Crippen LogP contribution >= 0.6 is 11.6 Å². The van der Waals surface area contributed by atoms with Crippen LogP contribution < -0.4 is 10.9 Å². The van der Waals surface area contributed by atoms with Gasteiger partial charge in [-0.2, -0.15) is 0 Å². The molecule has 1 heterocycles. The first-order valence-corrected chi connectivity index (χ1v) is 9.02. The van der Waals surface area contributed by atoms with E-state index in [2.05, 4.69) is 10.9 Å². The van der Waals surface area contributed by atoms with Gasteiger partial charge in [-0.25, -0.2) is 4.39 Å². The van der Waals surface area contributed by atoms with E-state index in [9.17, 15) is 14.0 Å². The molecular formula is C21H19ClFN3O2. The molecule has 0 fully saturated rings. The highest BCUT2D eigenvalue weighted by molar-refractivity contribution is 6.31. The van der Waals surface area contributed by atoms with E-state index < -0.39 is 17.6 Å². The molecule has 0 bridgehead atoms. The summed E-state index contributed by atoms with van der Waals surface area (Å²) in [4.78, 5) is 24.6. The number of nitrogens with zero attached hydrogens (tertiary/aromatic N) is 1. The van der Waals surface area contributed by atoms with Crippen LogP contribution in [0, 0.1) is 19.7 Å². The summed E-state index contributed by atoms with van der Waals surface area (Å²) in [5, 5.41) is 0.160. The van der Waals surface area contributed by atoms with Gasteiger partial charge in [0.15, 0.2) is 0 Å². The second-order valence-corrected chi connectivity index (χ2v) is 6.74. The third kappa shape index (κ3) is 4.07. The van der Waals surface area contributed by atoms with Gasteiger partial charge in [-0.1, -0.05) is 35.9 Å². The lowest BCUT2D eigenvalue weighted by molar-refractivity contribution is -0.121. The summed E-state index contributed by atoms with van der Waals surface area (Å²) < 4.78 is 15.7. The van der Waals surface area contributed by atoms with Crippen molar-refractivity contribution in [3.05, 3.63) is 88.0 Å². The number of rotatable bonds is 4. The predicted octanol–water partition coefficient (Wildman–Crippen LogP) is 3.89. The zero-order chi connectivity index (χ0) is 20.3. The lowest BCUT2D eigenvalue weighted by Crippen LogP contribution is -2.42. The van der Waals surface area contributed by atoms with Crippen molar-refractivity contribution in [3.8, 4) is 5.69 Å². The molecule has 3 aromatic rings. The molecule has 0 aliphatic rings. The summed E-state index contributed by atoms with van der Waals surface area (Å²) in [5.41, 5.74) is 7.77. The fourth-order valence-corrected chi connectivity index (χ4v) is 3.30. The van der Waals surface area contributed by atoms with E-state index >= 15 is 0 Å². The molecule has 1 aromatic heterocycles. The first-order valence-electron chi connectivity index (χ1n) is 8.65. The second kappa shape index (κ2) is 8.27. The fraction of sp³-hybridized carbons (Fsp3) is 0.143. The zero-order valence-corrected chi connectivity index (χ0v) is 16.2. The molecule has 7 heteroatoms. The van der Waals surface area contributed by atoms with Crippen LogP contribution in [0.5, 0.6) is 0 Å². The molecule has 0 aliphatic carbocycles. The first-order chi connectivity index (χ1) is 13.4. The molecule has 0 atom stereocenters. The van der Waals surface area contributed by atoms with Gasteiger partial charge in [0.05, 0.1) is 12.0 Å². The highest BCUT2D eigenvalue weighted by Gasteiger charge is 2.18. The molecule has 0 saturated carbocycles. The SMILES string of the molecule is Cc1cc(C(=O)NNC(=O)Cc2c(F)cccc2Cl)c(C)n1-c1ccccc1. The molecular weight excluding hydrogens is 381 g/mol. The quantitative estimate of drug-likeness (QED) is 0.654. The van der Waals surface area contributed by atoms with Crippen molar-refractivity contribution in [1.29, 1.82) is 0 Å². The molecule has 3 rings (SSSR count). The van der Waals surface area contributed by atoms with E-state index in [1.54, 1.807) is 6.07 Å². The lowest BCUT2D eigenvalue weighted by atomic mass is 10.1. The lowest BCUT2D eigenvalue weighted by Gasteiger charge is -2.11. The van der Waals surface area contributed by atoms with Gasteiger partial charge in [-0.05, 0) is 44.2 Å². The molecule has 2 aromatic carbocycles. The topological polar surface area (TPSA) is 63.1 Å². The van der Waals surface area contributed by atoms with Gasteiger partial charge in [0, 0.05) is 27.7 Å². The van der Waals surface area contributed by atoms with Crippen LogP contribution in [0.15, 0.2) is 54.6 Å². The number of carbonyl (C=O) groups excluding carboxylic acids is 2. The standard InChI is InChI=1S/C21H19ClFN3O2/c1-13-11-16(14(2)26(13)15-7-4-3-5-8-15)21(28)25-24-20(27)12-17-18(22)9-6-10-19(17)23/h3-11H,12H2,1-2H3,(H,24,27)(H,25,28). The number of nitrogens with one attached hydrogen (secondary N) is 2. The van der Waals surface area contributed by atoms with Crippen molar-refractivity contribution in [2.45, 2.75) is 20.3 Å². The Labute approximate surface area is 167 Å². The molecule has 5 nitrogen and oxygen atoms in total. The van der Waals surface area contributed by atoms with E-state index in [1.807, 2.05) is 48.7 Å². The minimum Gasteiger partial charge on any atom is -0.318 e. The summed E-state index contributed by atoms with van der Waals surface area (Å²) in [7, 11) is 0. The number of carbonyl (C=O) groups is 2. The maximum absolute atomic E-state index is 13.8. The largest absolute Gasteiger partial charge is 0.318 e. The monoisotopic (exact) mass is 399 g/mol. The van der Waals surface area contributed by atoms with Crippen molar-refractivity contribution < 1.29 is 14.0 Å². The van der Waals surface area contributed by atoms with Gasteiger partial charge in [-0.3, -0.25) is 20.4 Å². The molecule has 0 spiro atoms. The number of aromatic nitrogens is 1. The van der Waals surface area contributed by atoms with Crippen molar-refractivity contribution in [3.63, 3.8) is 0 Å². The third-order valence-electron chi connectivity index (χ3n) is 4.40. The Balaban J connectivity index is 1.70. The van der Waals surface area contributed by atoms with E-state index in [1.165, 1.54) is 18.2 Å². The van der Waals surface area contributed by atoms with Crippen molar-refractivity contribution >= 4 is 23.4 Å². The maximum Gasteiger partial charge on any atom is 0.271 e. The second-order valence-electron chi connectivity index (χ2n) is 6.34. The van der Waals surface area contributed by atoms with Gasteiger partial charge in [0.25, 0.3) is 5.91 Å². The van der Waals surface area contributed by atoms with Crippen LogP contribution in [0.25, 0.3) is 5.69 Å². The summed E-state index contributed by atoms with van der Waals surface area (Å²) in [6, 6.07) is 15.6. The molecule has 2 amide bonds. The Morgan fingerprint density at radius 2 is 1.75 bits per heavy atom. The van der Waals surface area contributed by atoms with Crippen LogP contribution in [0.1, 0.15) is 27.3 Å². The van der Waals surface area contributed by atoms with Gasteiger partial charge >= 0.3 is 0 Å². The van der Waals surface area contributed by atoms with Crippen molar-refractivity contribution in [2.24, 2.45) is 0 Å². The Bertz CT molecular complexity index is 1010. The zero-order valence-electron chi connectivity index (χ0n) is 15.4. The Morgan fingerprint density at radius 3 is 2.43 bits per heavy atom. The average Bonchev–Trinajstić information content (AvgIpc) is 2.98. The molecule has 2 N–H and O–H groups in total. The minimum absolute atomic E-state index is 0.0816. The Kier molecular flexibility index (Phi) is 5.80. The van der Waals surface area contributed by atoms with Gasteiger partial charge in [0.1, 0.15) is 5.82 Å². The number of hydrazine groups is 1. The smallest absolute Gasteiger partial charge is 0.271 e. The van der Waals surface area contributed by atoms with Crippen molar-refractivity contribution in [2.75, 3.05) is 0 Å². The number of hydrogen-bond acceptors (Lipinski definition) is 2. The molecule has 28 heavy (non-hydrogen) atoms. The first kappa shape index (κ1) is 19.6. The predicted molar refractivity (Wildman–Crippen MR) is 106 cm³/mol.